The van der Waals surface area contributed by atoms with Gasteiger partial charge in [-0.2, -0.15) is 0 Å². The molecule has 9 heteroatoms. The van der Waals surface area contributed by atoms with Gasteiger partial charge in [0.25, 0.3) is 0 Å². The fourth-order valence-corrected chi connectivity index (χ4v) is 4.30. The van der Waals surface area contributed by atoms with Gasteiger partial charge in [0.1, 0.15) is 11.7 Å². The van der Waals surface area contributed by atoms with E-state index in [2.05, 4.69) is 20.1 Å². The summed E-state index contributed by atoms with van der Waals surface area (Å²) in [5.41, 5.74) is -0.441. The lowest BCUT2D eigenvalue weighted by Crippen LogP contribution is -2.53. The summed E-state index contributed by atoms with van der Waals surface area (Å²) in [6.45, 7) is 14.1. The molecule has 3 aliphatic heterocycles. The van der Waals surface area contributed by atoms with Gasteiger partial charge in [-0.3, -0.25) is 9.89 Å². The summed E-state index contributed by atoms with van der Waals surface area (Å²) in [6.07, 6.45) is 3.40. The third kappa shape index (κ3) is 7.50. The molecule has 0 aromatic carbocycles. The molecular weight excluding hydrogens is 398 g/mol. The van der Waals surface area contributed by atoms with Crippen molar-refractivity contribution in [3.8, 4) is 0 Å². The van der Waals surface area contributed by atoms with Crippen molar-refractivity contribution in [2.75, 3.05) is 72.6 Å². The Hall–Kier alpha value is -1.58. The largest absolute Gasteiger partial charge is 0.444 e. The maximum Gasteiger partial charge on any atom is 0.410 e. The average molecular weight is 440 g/mol. The van der Waals surface area contributed by atoms with Crippen LogP contribution in [0, 0.1) is 0 Å². The molecule has 0 aliphatic carbocycles. The van der Waals surface area contributed by atoms with Gasteiger partial charge in [0.15, 0.2) is 5.96 Å². The first-order valence-corrected chi connectivity index (χ1v) is 11.7. The second-order valence-corrected chi connectivity index (χ2v) is 9.54. The molecule has 3 fully saturated rings. The highest BCUT2D eigenvalue weighted by molar-refractivity contribution is 5.80. The number of aliphatic imine (C=N–C) groups is 1. The van der Waals surface area contributed by atoms with Crippen LogP contribution in [0.5, 0.6) is 0 Å². The van der Waals surface area contributed by atoms with Gasteiger partial charge in [0.05, 0.1) is 12.7 Å². The van der Waals surface area contributed by atoms with Gasteiger partial charge in [-0.25, -0.2) is 4.79 Å². The molecule has 2 atom stereocenters. The van der Waals surface area contributed by atoms with Crippen molar-refractivity contribution in [3.63, 3.8) is 0 Å². The van der Waals surface area contributed by atoms with Gasteiger partial charge in [-0.15, -0.1) is 0 Å². The van der Waals surface area contributed by atoms with E-state index in [1.54, 1.807) is 0 Å². The summed E-state index contributed by atoms with van der Waals surface area (Å²) in [7, 11) is 1.84. The molecular formula is C22H41N5O4. The summed E-state index contributed by atoms with van der Waals surface area (Å²) < 4.78 is 17.2. The zero-order valence-electron chi connectivity index (χ0n) is 19.8. The highest BCUT2D eigenvalue weighted by atomic mass is 16.6. The monoisotopic (exact) mass is 439 g/mol. The molecule has 0 saturated carbocycles. The molecule has 0 aromatic rings. The van der Waals surface area contributed by atoms with Crippen molar-refractivity contribution in [1.82, 2.24) is 20.0 Å². The Labute approximate surface area is 187 Å². The molecule has 9 nitrogen and oxygen atoms in total. The number of nitrogens with one attached hydrogen (secondary N) is 1. The predicted octanol–water partition coefficient (Wildman–Crippen LogP) is 1.38. The molecule has 0 bridgehead atoms. The lowest BCUT2D eigenvalue weighted by Gasteiger charge is -2.37. The zero-order chi connectivity index (χ0) is 22.3. The van der Waals surface area contributed by atoms with E-state index in [-0.39, 0.29) is 18.3 Å². The Bertz CT molecular complexity index is 595. The van der Waals surface area contributed by atoms with Crippen LogP contribution in [0.1, 0.15) is 40.0 Å². The van der Waals surface area contributed by atoms with E-state index < -0.39 is 5.60 Å². The third-order valence-electron chi connectivity index (χ3n) is 5.94. The van der Waals surface area contributed by atoms with Crippen LogP contribution in [0.25, 0.3) is 0 Å². The number of rotatable bonds is 5. The standard InChI is InChI=1S/C22H41N5O4/c1-22(2,3)31-21(28)26-12-10-25(11-13-26)9-6-8-24-20(23-4)27-14-16-30-19(17-27)18-7-5-15-29-18/h18-19H,5-17H2,1-4H3,(H,23,24). The summed E-state index contributed by atoms with van der Waals surface area (Å²) in [5.74, 6) is 0.945. The van der Waals surface area contributed by atoms with Crippen LogP contribution in [0.3, 0.4) is 0 Å². The molecule has 178 valence electrons. The first kappa shape index (κ1) is 24.1. The molecule has 3 aliphatic rings. The molecule has 0 radical (unpaired) electrons. The molecule has 3 saturated heterocycles. The van der Waals surface area contributed by atoms with Crippen molar-refractivity contribution in [2.45, 2.75) is 57.8 Å². The molecule has 1 N–H and O–H groups in total. The van der Waals surface area contributed by atoms with Crippen molar-refractivity contribution in [1.29, 1.82) is 0 Å². The summed E-state index contributed by atoms with van der Waals surface area (Å²) in [4.78, 5) is 23.2. The van der Waals surface area contributed by atoms with E-state index in [1.807, 2.05) is 32.7 Å². The minimum absolute atomic E-state index is 0.135. The SMILES string of the molecule is CN=C(NCCCN1CCN(C(=O)OC(C)(C)C)CC1)N1CCOC(C2CCCO2)C1. The number of nitrogens with zero attached hydrogens (tertiary/aromatic N) is 4. The molecule has 1 amide bonds. The number of morpholine rings is 1. The average Bonchev–Trinajstić information content (AvgIpc) is 3.28. The minimum atomic E-state index is -0.441. The number of amides is 1. The van der Waals surface area contributed by atoms with Crippen LogP contribution in [0.2, 0.25) is 0 Å². The molecule has 3 rings (SSSR count). The Balaban J connectivity index is 1.32. The van der Waals surface area contributed by atoms with Crippen LogP contribution in [0.4, 0.5) is 4.79 Å². The number of hydrogen-bond donors (Lipinski definition) is 1. The number of carbonyl (C=O) groups excluding carboxylic acids is 1. The van der Waals surface area contributed by atoms with Gasteiger partial charge in [0, 0.05) is 59.5 Å². The Kier molecular flexibility index (Phi) is 8.80. The maximum atomic E-state index is 12.2. The van der Waals surface area contributed by atoms with Gasteiger partial charge in [-0.1, -0.05) is 0 Å². The third-order valence-corrected chi connectivity index (χ3v) is 5.94. The van der Waals surface area contributed by atoms with Crippen LogP contribution < -0.4 is 5.32 Å². The first-order chi connectivity index (χ1) is 14.9. The predicted molar refractivity (Wildman–Crippen MR) is 121 cm³/mol. The molecule has 2 unspecified atom stereocenters. The first-order valence-electron chi connectivity index (χ1n) is 11.7. The fraction of sp³-hybridized carbons (Fsp3) is 0.909. The molecule has 0 aromatic heterocycles. The summed E-state index contributed by atoms with van der Waals surface area (Å²) in [6, 6.07) is 0. The summed E-state index contributed by atoms with van der Waals surface area (Å²) in [5, 5.41) is 3.51. The lowest BCUT2D eigenvalue weighted by molar-refractivity contribution is -0.0816. The fourth-order valence-electron chi connectivity index (χ4n) is 4.30. The normalized spacial score (nSPS) is 26.3. The van der Waals surface area contributed by atoms with Crippen LogP contribution in [-0.4, -0.2) is 117 Å². The van der Waals surface area contributed by atoms with Gasteiger partial charge in [0.2, 0.25) is 0 Å². The number of ether oxygens (including phenoxy) is 3. The molecule has 3 heterocycles. The quantitative estimate of drug-likeness (QED) is 0.394. The van der Waals surface area contributed by atoms with Crippen molar-refractivity contribution >= 4 is 12.1 Å². The van der Waals surface area contributed by atoms with E-state index in [0.29, 0.717) is 6.61 Å². The topological polar surface area (TPSA) is 78.9 Å². The number of guanidine groups is 1. The van der Waals surface area contributed by atoms with Crippen molar-refractivity contribution in [3.05, 3.63) is 0 Å². The summed E-state index contributed by atoms with van der Waals surface area (Å²) >= 11 is 0. The molecule has 0 spiro atoms. The second kappa shape index (κ2) is 11.3. The number of piperazine rings is 1. The van der Waals surface area contributed by atoms with Gasteiger partial charge in [-0.05, 0) is 46.6 Å². The van der Waals surface area contributed by atoms with Crippen molar-refractivity contribution < 1.29 is 19.0 Å². The van der Waals surface area contributed by atoms with Crippen LogP contribution in [-0.2, 0) is 14.2 Å². The highest BCUT2D eigenvalue weighted by Crippen LogP contribution is 2.21. The highest BCUT2D eigenvalue weighted by Gasteiger charge is 2.32. The van der Waals surface area contributed by atoms with Gasteiger partial charge >= 0.3 is 6.09 Å². The smallest absolute Gasteiger partial charge is 0.410 e. The Morgan fingerprint density at radius 3 is 2.45 bits per heavy atom. The zero-order valence-corrected chi connectivity index (χ0v) is 19.8. The van der Waals surface area contributed by atoms with E-state index in [1.165, 1.54) is 0 Å². The number of hydrogen-bond acceptors (Lipinski definition) is 6. The van der Waals surface area contributed by atoms with E-state index in [9.17, 15) is 4.79 Å². The Morgan fingerprint density at radius 1 is 1.06 bits per heavy atom. The number of carbonyl (C=O) groups is 1. The van der Waals surface area contributed by atoms with Crippen molar-refractivity contribution in [2.24, 2.45) is 4.99 Å². The van der Waals surface area contributed by atoms with E-state index in [4.69, 9.17) is 14.2 Å². The van der Waals surface area contributed by atoms with Crippen LogP contribution in [0.15, 0.2) is 4.99 Å². The second-order valence-electron chi connectivity index (χ2n) is 9.54. The minimum Gasteiger partial charge on any atom is -0.444 e. The lowest BCUT2D eigenvalue weighted by atomic mass is 10.1. The Morgan fingerprint density at radius 2 is 1.81 bits per heavy atom. The van der Waals surface area contributed by atoms with E-state index in [0.717, 1.165) is 84.2 Å². The molecule has 31 heavy (non-hydrogen) atoms. The van der Waals surface area contributed by atoms with Crippen LogP contribution >= 0.6 is 0 Å². The maximum absolute atomic E-state index is 12.2. The van der Waals surface area contributed by atoms with E-state index >= 15 is 0 Å². The van der Waals surface area contributed by atoms with Gasteiger partial charge < -0.3 is 29.3 Å².